The van der Waals surface area contributed by atoms with E-state index in [-0.39, 0.29) is 0 Å². The predicted molar refractivity (Wildman–Crippen MR) is 84.9 cm³/mol. The normalized spacial score (nSPS) is 14.8. The first-order valence-electron chi connectivity index (χ1n) is 7.39. The van der Waals surface area contributed by atoms with E-state index in [1.165, 1.54) is 0 Å². The Kier molecular flexibility index (Phi) is 3.37. The SMILES string of the molecule is N#Cc1cccc(-c2nc(N3CCOCC3)c3[nH]cnc3n2)c1. The summed E-state index contributed by atoms with van der Waals surface area (Å²) in [6, 6.07) is 9.43. The second-order valence-electron chi connectivity index (χ2n) is 5.26. The zero-order chi connectivity index (χ0) is 15.6. The Bertz CT molecular complexity index is 891. The van der Waals surface area contributed by atoms with E-state index in [0.29, 0.717) is 30.2 Å². The Morgan fingerprint density at radius 1 is 1.22 bits per heavy atom. The molecule has 3 heterocycles. The third-order valence-electron chi connectivity index (χ3n) is 3.83. The summed E-state index contributed by atoms with van der Waals surface area (Å²) < 4.78 is 5.41. The van der Waals surface area contributed by atoms with Gasteiger partial charge >= 0.3 is 0 Å². The lowest BCUT2D eigenvalue weighted by atomic mass is 10.1. The molecule has 4 rings (SSSR count). The molecule has 0 amide bonds. The van der Waals surface area contributed by atoms with Crippen molar-refractivity contribution >= 4 is 17.0 Å². The number of fused-ring (bicyclic) bond motifs is 1. The molecule has 0 spiro atoms. The van der Waals surface area contributed by atoms with Gasteiger partial charge in [-0.2, -0.15) is 5.26 Å². The molecule has 0 aliphatic carbocycles. The summed E-state index contributed by atoms with van der Waals surface area (Å²) >= 11 is 0. The lowest BCUT2D eigenvalue weighted by Crippen LogP contribution is -2.37. The number of hydrogen-bond donors (Lipinski definition) is 1. The van der Waals surface area contributed by atoms with Crippen LogP contribution in [-0.4, -0.2) is 46.2 Å². The molecule has 23 heavy (non-hydrogen) atoms. The minimum atomic E-state index is 0.572. The molecule has 0 bridgehead atoms. The van der Waals surface area contributed by atoms with Gasteiger partial charge < -0.3 is 14.6 Å². The number of anilines is 1. The molecular formula is C16H14N6O. The first-order valence-corrected chi connectivity index (χ1v) is 7.39. The molecule has 1 aromatic carbocycles. The highest BCUT2D eigenvalue weighted by Gasteiger charge is 2.19. The third-order valence-corrected chi connectivity index (χ3v) is 3.83. The Morgan fingerprint density at radius 3 is 2.91 bits per heavy atom. The van der Waals surface area contributed by atoms with E-state index in [9.17, 15) is 0 Å². The Morgan fingerprint density at radius 2 is 2.09 bits per heavy atom. The largest absolute Gasteiger partial charge is 0.378 e. The molecule has 7 heteroatoms. The van der Waals surface area contributed by atoms with Crippen molar-refractivity contribution < 1.29 is 4.74 Å². The van der Waals surface area contributed by atoms with Crippen molar-refractivity contribution in [3.8, 4) is 17.5 Å². The molecule has 1 fully saturated rings. The average Bonchev–Trinajstić information content (AvgIpc) is 3.10. The van der Waals surface area contributed by atoms with Gasteiger partial charge in [0.2, 0.25) is 0 Å². The molecule has 0 unspecified atom stereocenters. The van der Waals surface area contributed by atoms with Crippen LogP contribution in [0.5, 0.6) is 0 Å². The minimum absolute atomic E-state index is 0.572. The molecule has 1 N–H and O–H groups in total. The number of rotatable bonds is 2. The van der Waals surface area contributed by atoms with Gasteiger partial charge in [0.1, 0.15) is 5.52 Å². The number of imidazole rings is 1. The molecule has 2 aromatic heterocycles. The van der Waals surface area contributed by atoms with Gasteiger partial charge in [-0.25, -0.2) is 15.0 Å². The van der Waals surface area contributed by atoms with Gasteiger partial charge in [-0.3, -0.25) is 0 Å². The lowest BCUT2D eigenvalue weighted by molar-refractivity contribution is 0.122. The van der Waals surface area contributed by atoms with Gasteiger partial charge in [-0.05, 0) is 12.1 Å². The van der Waals surface area contributed by atoms with Crippen LogP contribution >= 0.6 is 0 Å². The van der Waals surface area contributed by atoms with Crippen molar-refractivity contribution in [3.05, 3.63) is 36.2 Å². The zero-order valence-electron chi connectivity index (χ0n) is 12.4. The Labute approximate surface area is 132 Å². The number of aromatic amines is 1. The number of nitrogens with one attached hydrogen (secondary N) is 1. The summed E-state index contributed by atoms with van der Waals surface area (Å²) in [6.07, 6.45) is 1.62. The van der Waals surface area contributed by atoms with Gasteiger partial charge in [0.15, 0.2) is 17.3 Å². The van der Waals surface area contributed by atoms with Crippen LogP contribution in [0.1, 0.15) is 5.56 Å². The highest BCUT2D eigenvalue weighted by Crippen LogP contribution is 2.26. The molecule has 1 saturated heterocycles. The van der Waals surface area contributed by atoms with Crippen LogP contribution in [-0.2, 0) is 4.74 Å². The van der Waals surface area contributed by atoms with Crippen LogP contribution in [0, 0.1) is 11.3 Å². The number of H-pyrrole nitrogens is 1. The monoisotopic (exact) mass is 306 g/mol. The molecule has 1 aliphatic heterocycles. The van der Waals surface area contributed by atoms with Crippen molar-refractivity contribution in [2.45, 2.75) is 0 Å². The summed E-state index contributed by atoms with van der Waals surface area (Å²) in [7, 11) is 0. The van der Waals surface area contributed by atoms with Crippen molar-refractivity contribution in [2.75, 3.05) is 31.2 Å². The van der Waals surface area contributed by atoms with E-state index >= 15 is 0 Å². The van der Waals surface area contributed by atoms with E-state index in [1.807, 2.05) is 12.1 Å². The first-order chi connectivity index (χ1) is 11.3. The average molecular weight is 306 g/mol. The van der Waals surface area contributed by atoms with Crippen LogP contribution in [0.15, 0.2) is 30.6 Å². The molecule has 0 radical (unpaired) electrons. The topological polar surface area (TPSA) is 90.7 Å². The predicted octanol–water partition coefficient (Wildman–Crippen LogP) is 1.73. The number of benzene rings is 1. The van der Waals surface area contributed by atoms with Crippen molar-refractivity contribution in [1.82, 2.24) is 19.9 Å². The van der Waals surface area contributed by atoms with Crippen LogP contribution < -0.4 is 4.90 Å². The zero-order valence-corrected chi connectivity index (χ0v) is 12.4. The number of nitriles is 1. The maximum atomic E-state index is 9.08. The van der Waals surface area contributed by atoms with Crippen LogP contribution in [0.25, 0.3) is 22.6 Å². The molecule has 7 nitrogen and oxygen atoms in total. The molecular weight excluding hydrogens is 292 g/mol. The van der Waals surface area contributed by atoms with Gasteiger partial charge in [-0.1, -0.05) is 12.1 Å². The summed E-state index contributed by atoms with van der Waals surface area (Å²) in [4.78, 5) is 18.8. The van der Waals surface area contributed by atoms with Crippen molar-refractivity contribution in [1.29, 1.82) is 5.26 Å². The van der Waals surface area contributed by atoms with Gasteiger partial charge in [0.05, 0.1) is 31.2 Å². The van der Waals surface area contributed by atoms with Crippen molar-refractivity contribution in [3.63, 3.8) is 0 Å². The molecule has 0 saturated carbocycles. The molecule has 0 atom stereocenters. The van der Waals surface area contributed by atoms with Crippen molar-refractivity contribution in [2.24, 2.45) is 0 Å². The van der Waals surface area contributed by atoms with E-state index in [4.69, 9.17) is 15.0 Å². The number of morpholine rings is 1. The van der Waals surface area contributed by atoms with E-state index in [1.54, 1.807) is 18.5 Å². The summed E-state index contributed by atoms with van der Waals surface area (Å²) in [6.45, 7) is 2.92. The quantitative estimate of drug-likeness (QED) is 0.775. The smallest absolute Gasteiger partial charge is 0.183 e. The van der Waals surface area contributed by atoms with Crippen LogP contribution in [0.4, 0.5) is 5.82 Å². The second-order valence-corrected chi connectivity index (χ2v) is 5.26. The Hall–Kier alpha value is -2.98. The standard InChI is InChI=1S/C16H14N6O/c17-9-11-2-1-3-12(8-11)14-20-15-13(18-10-19-15)16(21-14)22-4-6-23-7-5-22/h1-3,8,10H,4-7H2,(H,18,19,20,21). The maximum Gasteiger partial charge on any atom is 0.183 e. The third kappa shape index (κ3) is 2.49. The second kappa shape index (κ2) is 5.66. The highest BCUT2D eigenvalue weighted by molar-refractivity contribution is 5.85. The number of hydrogen-bond acceptors (Lipinski definition) is 6. The lowest BCUT2D eigenvalue weighted by Gasteiger charge is -2.28. The molecule has 3 aromatic rings. The van der Waals surface area contributed by atoms with Crippen LogP contribution in [0.2, 0.25) is 0 Å². The first kappa shape index (κ1) is 13.7. The fraction of sp³-hybridized carbons (Fsp3) is 0.250. The maximum absolute atomic E-state index is 9.08. The number of nitrogens with zero attached hydrogens (tertiary/aromatic N) is 5. The minimum Gasteiger partial charge on any atom is -0.378 e. The highest BCUT2D eigenvalue weighted by atomic mass is 16.5. The summed E-state index contributed by atoms with van der Waals surface area (Å²) in [5.74, 6) is 1.40. The summed E-state index contributed by atoms with van der Waals surface area (Å²) in [5, 5.41) is 9.08. The fourth-order valence-electron chi connectivity index (χ4n) is 2.68. The molecule has 1 aliphatic rings. The van der Waals surface area contributed by atoms with E-state index in [2.05, 4.69) is 25.9 Å². The summed E-state index contributed by atoms with van der Waals surface area (Å²) in [5.41, 5.74) is 2.84. The van der Waals surface area contributed by atoms with E-state index < -0.39 is 0 Å². The molecule has 114 valence electrons. The van der Waals surface area contributed by atoms with Crippen LogP contribution in [0.3, 0.4) is 0 Å². The van der Waals surface area contributed by atoms with E-state index in [0.717, 1.165) is 30.0 Å². The number of aromatic nitrogens is 4. The van der Waals surface area contributed by atoms with Gasteiger partial charge in [0, 0.05) is 18.7 Å². The number of ether oxygens (including phenoxy) is 1. The van der Waals surface area contributed by atoms with Gasteiger partial charge in [-0.15, -0.1) is 0 Å². The van der Waals surface area contributed by atoms with Gasteiger partial charge in [0.25, 0.3) is 0 Å². The Balaban J connectivity index is 1.86. The fourth-order valence-corrected chi connectivity index (χ4v) is 2.68.